The number of hydrogen-bond acceptors (Lipinski definition) is 2. The first-order valence-electron chi connectivity index (χ1n) is 13.1. The molecular weight excluding hydrogens is 472 g/mol. The van der Waals surface area contributed by atoms with Gasteiger partial charge in [0.1, 0.15) is 0 Å². The van der Waals surface area contributed by atoms with Crippen molar-refractivity contribution in [2.45, 2.75) is 52.9 Å². The zero-order chi connectivity index (χ0) is 27.1. The quantitative estimate of drug-likeness (QED) is 0.305. The van der Waals surface area contributed by atoms with Crippen molar-refractivity contribution in [3.8, 4) is 11.1 Å². The molecule has 6 nitrogen and oxygen atoms in total. The van der Waals surface area contributed by atoms with Crippen LogP contribution in [0, 0.1) is 0 Å². The Bertz CT molecular complexity index is 1230. The van der Waals surface area contributed by atoms with Gasteiger partial charge in [0, 0.05) is 47.7 Å². The molecule has 0 saturated carbocycles. The van der Waals surface area contributed by atoms with E-state index in [9.17, 15) is 9.59 Å². The maximum absolute atomic E-state index is 13.1. The summed E-state index contributed by atoms with van der Waals surface area (Å²) >= 11 is 0. The van der Waals surface area contributed by atoms with Crippen LogP contribution in [0.2, 0.25) is 0 Å². The monoisotopic (exact) mass is 508 g/mol. The van der Waals surface area contributed by atoms with E-state index >= 15 is 0 Å². The standard InChI is InChI=1S/C32H36N4O2/c1-25(2)35(29-11-7-5-8-12-29)31(37)23-33-19-15-27(16-20-33)28-17-21-34(22-18-28)24-32(38)36(26(3)4)30-13-9-6-10-14-30/h5-22,25-26H,23-24H2,1-4H3/q+2. The molecular formula is C32H36N4O2+2. The number of benzene rings is 2. The fourth-order valence-electron chi connectivity index (χ4n) is 4.61. The van der Waals surface area contributed by atoms with Gasteiger partial charge in [-0.2, -0.15) is 9.13 Å². The zero-order valence-electron chi connectivity index (χ0n) is 22.6. The number of para-hydroxylation sites is 2. The van der Waals surface area contributed by atoms with Gasteiger partial charge in [0.15, 0.2) is 24.8 Å². The van der Waals surface area contributed by atoms with Gasteiger partial charge in [0.2, 0.25) is 13.1 Å². The van der Waals surface area contributed by atoms with Crippen LogP contribution in [0.1, 0.15) is 27.7 Å². The average Bonchev–Trinajstić information content (AvgIpc) is 2.90. The van der Waals surface area contributed by atoms with Crippen molar-refractivity contribution < 1.29 is 18.7 Å². The third kappa shape index (κ3) is 6.51. The number of carbonyl (C=O) groups is 2. The van der Waals surface area contributed by atoms with E-state index in [0.29, 0.717) is 0 Å². The molecule has 6 heteroatoms. The van der Waals surface area contributed by atoms with Gasteiger partial charge in [-0.1, -0.05) is 36.4 Å². The molecule has 0 bridgehead atoms. The minimum absolute atomic E-state index is 0.0420. The highest BCUT2D eigenvalue weighted by Crippen LogP contribution is 2.19. The van der Waals surface area contributed by atoms with Crippen LogP contribution in [-0.4, -0.2) is 23.9 Å². The summed E-state index contributed by atoms with van der Waals surface area (Å²) in [5.74, 6) is 0.0839. The Hall–Kier alpha value is -4.32. The van der Waals surface area contributed by atoms with Gasteiger partial charge >= 0.3 is 0 Å². The highest BCUT2D eigenvalue weighted by Gasteiger charge is 2.23. The minimum Gasteiger partial charge on any atom is -0.304 e. The van der Waals surface area contributed by atoms with E-state index in [-0.39, 0.29) is 37.0 Å². The van der Waals surface area contributed by atoms with Gasteiger partial charge < -0.3 is 9.80 Å². The number of pyridine rings is 2. The molecule has 0 N–H and O–H groups in total. The third-order valence-corrected chi connectivity index (χ3v) is 6.39. The van der Waals surface area contributed by atoms with Crippen molar-refractivity contribution in [3.63, 3.8) is 0 Å². The summed E-state index contributed by atoms with van der Waals surface area (Å²) in [7, 11) is 0. The van der Waals surface area contributed by atoms with Crippen LogP contribution in [0.5, 0.6) is 0 Å². The number of nitrogens with zero attached hydrogens (tertiary/aromatic N) is 4. The average molecular weight is 509 g/mol. The summed E-state index contributed by atoms with van der Waals surface area (Å²) in [5.41, 5.74) is 3.90. The van der Waals surface area contributed by atoms with E-state index in [1.54, 1.807) is 0 Å². The van der Waals surface area contributed by atoms with Crippen LogP contribution in [0.15, 0.2) is 110 Å². The Morgan fingerprint density at radius 1 is 0.553 bits per heavy atom. The molecule has 0 aliphatic carbocycles. The Balaban J connectivity index is 1.41. The predicted molar refractivity (Wildman–Crippen MR) is 150 cm³/mol. The zero-order valence-corrected chi connectivity index (χ0v) is 22.6. The molecule has 0 fully saturated rings. The largest absolute Gasteiger partial charge is 0.304 e. The Labute approximate surface area is 225 Å². The number of hydrogen-bond donors (Lipinski definition) is 0. The second-order valence-electron chi connectivity index (χ2n) is 9.90. The summed E-state index contributed by atoms with van der Waals surface area (Å²) < 4.78 is 3.80. The van der Waals surface area contributed by atoms with E-state index in [0.717, 1.165) is 22.5 Å². The van der Waals surface area contributed by atoms with Crippen molar-refractivity contribution in [1.29, 1.82) is 0 Å². The van der Waals surface area contributed by atoms with Crippen molar-refractivity contribution in [1.82, 2.24) is 0 Å². The van der Waals surface area contributed by atoms with Gasteiger partial charge in [-0.15, -0.1) is 0 Å². The lowest BCUT2D eigenvalue weighted by atomic mass is 10.1. The lowest BCUT2D eigenvalue weighted by Gasteiger charge is -2.25. The molecule has 0 aliphatic rings. The summed E-state index contributed by atoms with van der Waals surface area (Å²) in [6.07, 6.45) is 7.73. The fraction of sp³-hybridized carbons (Fsp3) is 0.250. The summed E-state index contributed by atoms with van der Waals surface area (Å²) in [6.45, 7) is 8.62. The van der Waals surface area contributed by atoms with Crippen molar-refractivity contribution in [2.75, 3.05) is 9.80 Å². The molecule has 0 radical (unpaired) electrons. The normalized spacial score (nSPS) is 11.0. The molecule has 0 saturated heterocycles. The van der Waals surface area contributed by atoms with E-state index in [1.807, 2.05) is 156 Å². The highest BCUT2D eigenvalue weighted by atomic mass is 16.2. The summed E-state index contributed by atoms with van der Waals surface area (Å²) in [4.78, 5) is 29.8. The van der Waals surface area contributed by atoms with Gasteiger partial charge in [0.25, 0.3) is 11.8 Å². The highest BCUT2D eigenvalue weighted by molar-refractivity contribution is 5.93. The van der Waals surface area contributed by atoms with Gasteiger partial charge in [0.05, 0.1) is 0 Å². The molecule has 0 atom stereocenters. The number of anilines is 2. The molecule has 2 aromatic carbocycles. The van der Waals surface area contributed by atoms with Crippen LogP contribution >= 0.6 is 0 Å². The number of carbonyl (C=O) groups excluding carboxylic acids is 2. The first kappa shape index (κ1) is 26.7. The minimum atomic E-state index is 0.0420. The van der Waals surface area contributed by atoms with Gasteiger partial charge in [-0.3, -0.25) is 9.59 Å². The van der Waals surface area contributed by atoms with Crippen LogP contribution in [0.4, 0.5) is 11.4 Å². The molecule has 0 aliphatic heterocycles. The van der Waals surface area contributed by atoms with Crippen LogP contribution in [0.3, 0.4) is 0 Å². The molecule has 0 unspecified atom stereocenters. The Morgan fingerprint density at radius 3 is 1.16 bits per heavy atom. The smallest absolute Gasteiger partial charge is 0.293 e. The van der Waals surface area contributed by atoms with Crippen molar-refractivity contribution in [3.05, 3.63) is 110 Å². The molecule has 38 heavy (non-hydrogen) atoms. The molecule has 2 aromatic heterocycles. The van der Waals surface area contributed by atoms with E-state index < -0.39 is 0 Å². The molecule has 194 valence electrons. The second-order valence-corrected chi connectivity index (χ2v) is 9.90. The molecule has 4 rings (SSSR count). The Morgan fingerprint density at radius 2 is 0.868 bits per heavy atom. The van der Waals surface area contributed by atoms with Gasteiger partial charge in [-0.05, 0) is 63.1 Å². The summed E-state index contributed by atoms with van der Waals surface area (Å²) in [5, 5.41) is 0. The fourth-order valence-corrected chi connectivity index (χ4v) is 4.61. The van der Waals surface area contributed by atoms with E-state index in [4.69, 9.17) is 0 Å². The first-order chi connectivity index (χ1) is 18.3. The predicted octanol–water partition coefficient (Wildman–Crippen LogP) is 4.81. The second kappa shape index (κ2) is 12.3. The van der Waals surface area contributed by atoms with E-state index in [2.05, 4.69) is 0 Å². The third-order valence-electron chi connectivity index (χ3n) is 6.39. The molecule has 4 aromatic rings. The molecule has 2 amide bonds. The Kier molecular flexibility index (Phi) is 8.64. The SMILES string of the molecule is CC(C)N(C(=O)C[n+]1ccc(-c2cc[n+](CC(=O)N(c3ccccc3)C(C)C)cc2)cc1)c1ccccc1. The van der Waals surface area contributed by atoms with Crippen LogP contribution in [0.25, 0.3) is 11.1 Å². The van der Waals surface area contributed by atoms with E-state index in [1.165, 1.54) is 0 Å². The maximum atomic E-state index is 13.1. The number of rotatable bonds is 9. The van der Waals surface area contributed by atoms with Crippen molar-refractivity contribution >= 4 is 23.2 Å². The maximum Gasteiger partial charge on any atom is 0.293 e. The summed E-state index contributed by atoms with van der Waals surface area (Å²) in [6, 6.07) is 27.7. The number of amides is 2. The van der Waals surface area contributed by atoms with Crippen LogP contribution in [-0.2, 0) is 22.7 Å². The molecule has 0 spiro atoms. The van der Waals surface area contributed by atoms with Crippen molar-refractivity contribution in [2.24, 2.45) is 0 Å². The van der Waals surface area contributed by atoms with Gasteiger partial charge in [-0.25, -0.2) is 0 Å². The number of aromatic nitrogens is 2. The lowest BCUT2D eigenvalue weighted by molar-refractivity contribution is -0.684. The first-order valence-corrected chi connectivity index (χ1v) is 13.1. The lowest BCUT2D eigenvalue weighted by Crippen LogP contribution is -2.47. The van der Waals surface area contributed by atoms with Crippen LogP contribution < -0.4 is 18.9 Å². The topological polar surface area (TPSA) is 48.4 Å². The molecule has 2 heterocycles.